The van der Waals surface area contributed by atoms with Crippen LogP contribution >= 0.6 is 0 Å². The summed E-state index contributed by atoms with van der Waals surface area (Å²) in [5, 5.41) is 4.75. The molecule has 0 N–H and O–H groups in total. The maximum atomic E-state index is 6.37. The van der Waals surface area contributed by atoms with Crippen molar-refractivity contribution in [1.29, 1.82) is 0 Å². The first kappa shape index (κ1) is 30.8. The number of benzene rings is 8. The van der Waals surface area contributed by atoms with Gasteiger partial charge in [-0.1, -0.05) is 103 Å². The predicted molar refractivity (Wildman–Crippen MR) is 220 cm³/mol. The van der Waals surface area contributed by atoms with Crippen molar-refractivity contribution in [2.75, 3.05) is 12.0 Å². The summed E-state index contributed by atoms with van der Waals surface area (Å²) in [4.78, 5) is 2.28. The number of para-hydroxylation sites is 4. The first-order chi connectivity index (χ1) is 26.2. The van der Waals surface area contributed by atoms with E-state index in [1.165, 1.54) is 27.4 Å². The summed E-state index contributed by atoms with van der Waals surface area (Å²) in [6, 6.07) is 66.5. The van der Waals surface area contributed by atoms with Gasteiger partial charge in [-0.05, 0) is 102 Å². The van der Waals surface area contributed by atoms with Crippen LogP contribution in [0.1, 0.15) is 0 Å². The number of hydrogen-bond donors (Lipinski definition) is 0. The summed E-state index contributed by atoms with van der Waals surface area (Å²) < 4.78 is 14.2. The van der Waals surface area contributed by atoms with E-state index in [0.29, 0.717) is 0 Å². The minimum Gasteiger partial charge on any atom is -0.497 e. The van der Waals surface area contributed by atoms with E-state index in [0.717, 1.165) is 67.1 Å². The Bertz CT molecular complexity index is 2900. The lowest BCUT2D eigenvalue weighted by Crippen LogP contribution is -2.09. The zero-order chi connectivity index (χ0) is 35.3. The molecule has 0 saturated heterocycles. The number of hydrogen-bond acceptors (Lipinski definition) is 3. The van der Waals surface area contributed by atoms with Gasteiger partial charge in [0.15, 0.2) is 0 Å². The minimum absolute atomic E-state index is 0.822. The van der Waals surface area contributed by atoms with E-state index in [1.807, 2.05) is 24.3 Å². The number of nitrogens with zero attached hydrogens (tertiary/aromatic N) is 2. The Labute approximate surface area is 307 Å². The molecule has 0 spiro atoms. The Morgan fingerprint density at radius 2 is 1.04 bits per heavy atom. The quantitative estimate of drug-likeness (QED) is 0.168. The van der Waals surface area contributed by atoms with Gasteiger partial charge in [-0.15, -0.1) is 0 Å². The number of furan rings is 1. The Balaban J connectivity index is 1.03. The van der Waals surface area contributed by atoms with Gasteiger partial charge in [0.25, 0.3) is 0 Å². The zero-order valence-electron chi connectivity index (χ0n) is 29.1. The molecule has 0 aliphatic rings. The van der Waals surface area contributed by atoms with Crippen molar-refractivity contribution in [1.82, 2.24) is 4.57 Å². The van der Waals surface area contributed by atoms with Gasteiger partial charge < -0.3 is 18.6 Å². The van der Waals surface area contributed by atoms with Crippen LogP contribution in [0.25, 0.3) is 71.7 Å². The van der Waals surface area contributed by atoms with Gasteiger partial charge in [0.05, 0.1) is 18.1 Å². The van der Waals surface area contributed by atoms with E-state index in [4.69, 9.17) is 9.15 Å². The van der Waals surface area contributed by atoms with Crippen LogP contribution in [0.15, 0.2) is 192 Å². The fourth-order valence-electron chi connectivity index (χ4n) is 7.75. The molecule has 10 rings (SSSR count). The minimum atomic E-state index is 0.822. The first-order valence-corrected chi connectivity index (χ1v) is 17.9. The summed E-state index contributed by atoms with van der Waals surface area (Å²) in [5.41, 5.74) is 13.1. The molecule has 4 nitrogen and oxygen atoms in total. The highest BCUT2D eigenvalue weighted by Crippen LogP contribution is 2.41. The molecular weight excluding hydrogens is 649 g/mol. The molecule has 4 heteroatoms. The predicted octanol–water partition coefficient (Wildman–Crippen LogP) is 13.5. The fourth-order valence-corrected chi connectivity index (χ4v) is 7.75. The average Bonchev–Trinajstić information content (AvgIpc) is 3.78. The number of rotatable bonds is 7. The highest BCUT2D eigenvalue weighted by atomic mass is 16.5. The van der Waals surface area contributed by atoms with E-state index >= 15 is 0 Å². The van der Waals surface area contributed by atoms with E-state index < -0.39 is 0 Å². The first-order valence-electron chi connectivity index (χ1n) is 17.9. The molecule has 2 heterocycles. The smallest absolute Gasteiger partial charge is 0.143 e. The number of anilines is 3. The van der Waals surface area contributed by atoms with Gasteiger partial charge in [0, 0.05) is 49.9 Å². The lowest BCUT2D eigenvalue weighted by Gasteiger charge is -2.26. The second-order valence-corrected chi connectivity index (χ2v) is 13.3. The third kappa shape index (κ3) is 5.23. The zero-order valence-corrected chi connectivity index (χ0v) is 29.1. The SMILES string of the molecule is COc1ccc(N(c2ccc(-c3ccc4c(c3)c3ccccc3n4-c3ccccc3)cc2)c2ccc(-c3cccc4c3oc3ccccc34)cc2)cc1. The van der Waals surface area contributed by atoms with Crippen LogP contribution in [0.4, 0.5) is 17.1 Å². The number of fused-ring (bicyclic) bond motifs is 6. The molecule has 0 aliphatic carbocycles. The van der Waals surface area contributed by atoms with Crippen LogP contribution in [-0.4, -0.2) is 11.7 Å². The fraction of sp³-hybridized carbons (Fsp3) is 0.0204. The standard InChI is InChI=1S/C49H34N2O2/c1-52-40-29-27-39(28-30-40)50(38-25-20-34(21-26-38)41-14-9-15-44-43-13-6-8-17-48(43)53-49(41)44)37-23-18-33(19-24-37)35-22-31-47-45(32-35)42-12-5-7-16-46(42)51(47)36-10-3-2-4-11-36/h2-32H,1H3. The molecule has 0 fully saturated rings. The van der Waals surface area contributed by atoms with Crippen molar-refractivity contribution in [3.63, 3.8) is 0 Å². The Morgan fingerprint density at radius 3 is 1.77 bits per heavy atom. The normalized spacial score (nSPS) is 11.5. The van der Waals surface area contributed by atoms with Gasteiger partial charge in [-0.2, -0.15) is 0 Å². The molecular formula is C49H34N2O2. The molecule has 0 amide bonds. The molecule has 53 heavy (non-hydrogen) atoms. The summed E-state index contributed by atoms with van der Waals surface area (Å²) in [6.45, 7) is 0. The Kier molecular flexibility index (Phi) is 7.33. The van der Waals surface area contributed by atoms with Crippen molar-refractivity contribution in [2.24, 2.45) is 0 Å². The maximum absolute atomic E-state index is 6.37. The lowest BCUT2D eigenvalue weighted by molar-refractivity contribution is 0.415. The largest absolute Gasteiger partial charge is 0.497 e. The van der Waals surface area contributed by atoms with Gasteiger partial charge in [0.1, 0.15) is 16.9 Å². The summed E-state index contributed by atoms with van der Waals surface area (Å²) in [6.07, 6.45) is 0. The van der Waals surface area contributed by atoms with Crippen LogP contribution in [0, 0.1) is 0 Å². The third-order valence-corrected chi connectivity index (χ3v) is 10.3. The molecule has 0 aliphatic heterocycles. The van der Waals surface area contributed by atoms with Gasteiger partial charge in [-0.3, -0.25) is 0 Å². The molecule has 0 saturated carbocycles. The van der Waals surface area contributed by atoms with Crippen LogP contribution in [0.3, 0.4) is 0 Å². The summed E-state index contributed by atoms with van der Waals surface area (Å²) in [5.74, 6) is 0.822. The third-order valence-electron chi connectivity index (χ3n) is 10.3. The van der Waals surface area contributed by atoms with Gasteiger partial charge in [0.2, 0.25) is 0 Å². The monoisotopic (exact) mass is 682 g/mol. The highest BCUT2D eigenvalue weighted by Gasteiger charge is 2.17. The van der Waals surface area contributed by atoms with Gasteiger partial charge in [-0.25, -0.2) is 0 Å². The van der Waals surface area contributed by atoms with Crippen molar-refractivity contribution in [2.45, 2.75) is 0 Å². The van der Waals surface area contributed by atoms with Crippen molar-refractivity contribution in [3.05, 3.63) is 188 Å². The van der Waals surface area contributed by atoms with E-state index in [-0.39, 0.29) is 0 Å². The molecule has 8 aromatic carbocycles. The van der Waals surface area contributed by atoms with Crippen LogP contribution in [0.5, 0.6) is 5.75 Å². The molecule has 0 bridgehead atoms. The molecule has 0 radical (unpaired) electrons. The van der Waals surface area contributed by atoms with Crippen molar-refractivity contribution < 1.29 is 9.15 Å². The highest BCUT2D eigenvalue weighted by molar-refractivity contribution is 6.11. The van der Waals surface area contributed by atoms with Crippen LogP contribution in [0.2, 0.25) is 0 Å². The number of methoxy groups -OCH3 is 1. The van der Waals surface area contributed by atoms with E-state index in [2.05, 4.69) is 173 Å². The molecule has 0 unspecified atom stereocenters. The van der Waals surface area contributed by atoms with Crippen molar-refractivity contribution in [3.8, 4) is 33.7 Å². The lowest BCUT2D eigenvalue weighted by atomic mass is 10.0. The maximum Gasteiger partial charge on any atom is 0.143 e. The summed E-state index contributed by atoms with van der Waals surface area (Å²) >= 11 is 0. The molecule has 10 aromatic rings. The second kappa shape index (κ2) is 12.6. The molecule has 252 valence electrons. The van der Waals surface area contributed by atoms with E-state index in [1.54, 1.807) is 7.11 Å². The topological polar surface area (TPSA) is 30.5 Å². The summed E-state index contributed by atoms with van der Waals surface area (Å²) in [7, 11) is 1.70. The Hall–Kier alpha value is -7.04. The average molecular weight is 683 g/mol. The Morgan fingerprint density at radius 1 is 0.453 bits per heavy atom. The van der Waals surface area contributed by atoms with E-state index in [9.17, 15) is 0 Å². The van der Waals surface area contributed by atoms with Gasteiger partial charge >= 0.3 is 0 Å². The number of ether oxygens (including phenoxy) is 1. The van der Waals surface area contributed by atoms with Crippen LogP contribution in [-0.2, 0) is 0 Å². The van der Waals surface area contributed by atoms with Crippen molar-refractivity contribution >= 4 is 60.8 Å². The molecule has 2 aromatic heterocycles. The number of aromatic nitrogens is 1. The van der Waals surface area contributed by atoms with Crippen LogP contribution < -0.4 is 9.64 Å². The second-order valence-electron chi connectivity index (χ2n) is 13.3. The molecule has 0 atom stereocenters.